The molecule has 0 heterocycles. The van der Waals surface area contributed by atoms with Crippen LogP contribution in [-0.2, 0) is 6.42 Å². The number of nitrogens with two attached hydrogens (primary N) is 1. The fourth-order valence-electron chi connectivity index (χ4n) is 1.00. The van der Waals surface area contributed by atoms with Gasteiger partial charge in [-0.15, -0.1) is 0 Å². The minimum absolute atomic E-state index is 0. The number of hydrogen-bond donors (Lipinski definition) is 2. The van der Waals surface area contributed by atoms with Crippen LogP contribution in [0.5, 0.6) is 5.75 Å². The molecular weight excluding hydrogens is 218 g/mol. The van der Waals surface area contributed by atoms with E-state index in [1.807, 2.05) is 19.1 Å². The second-order valence-corrected chi connectivity index (χ2v) is 2.85. The molecule has 3 heteroatoms. The van der Waals surface area contributed by atoms with Gasteiger partial charge in [0.05, 0.1) is 0 Å². The molecular formula is C9H13BrNO-. The summed E-state index contributed by atoms with van der Waals surface area (Å²) in [5.41, 5.74) is 6.76. The summed E-state index contributed by atoms with van der Waals surface area (Å²) < 4.78 is 0. The Bertz CT molecular complexity index is 220. The van der Waals surface area contributed by atoms with Crippen molar-refractivity contribution >= 4 is 0 Å². The third-order valence-corrected chi connectivity index (χ3v) is 1.49. The summed E-state index contributed by atoms with van der Waals surface area (Å²) in [5.74, 6) is 0.304. The first-order valence-corrected chi connectivity index (χ1v) is 3.72. The lowest BCUT2D eigenvalue weighted by Gasteiger charge is -2.03. The van der Waals surface area contributed by atoms with Crippen LogP contribution in [0.1, 0.15) is 12.5 Å². The first-order chi connectivity index (χ1) is 5.18. The molecule has 0 amide bonds. The summed E-state index contributed by atoms with van der Waals surface area (Å²) in [5, 5.41) is 8.96. The molecule has 0 aromatic heterocycles. The normalized spacial score (nSPS) is 11.8. The summed E-state index contributed by atoms with van der Waals surface area (Å²) in [6.07, 6.45) is 0.861. The molecule has 68 valence electrons. The molecule has 3 N–H and O–H groups in total. The highest BCUT2D eigenvalue weighted by atomic mass is 79.9. The maximum absolute atomic E-state index is 8.96. The van der Waals surface area contributed by atoms with E-state index in [2.05, 4.69) is 0 Å². The molecule has 1 aromatic rings. The molecule has 0 radical (unpaired) electrons. The second-order valence-electron chi connectivity index (χ2n) is 2.85. The largest absolute Gasteiger partial charge is 1.00 e. The number of halogens is 1. The van der Waals surface area contributed by atoms with Crippen molar-refractivity contribution in [2.75, 3.05) is 0 Å². The van der Waals surface area contributed by atoms with Crippen LogP contribution in [0.25, 0.3) is 0 Å². The molecule has 0 bridgehead atoms. The van der Waals surface area contributed by atoms with E-state index in [0.29, 0.717) is 5.75 Å². The van der Waals surface area contributed by atoms with Crippen molar-refractivity contribution in [3.63, 3.8) is 0 Å². The zero-order chi connectivity index (χ0) is 8.27. The average molecular weight is 231 g/mol. The highest BCUT2D eigenvalue weighted by Gasteiger charge is 1.96. The molecule has 0 aliphatic rings. The fraction of sp³-hybridized carbons (Fsp3) is 0.333. The van der Waals surface area contributed by atoms with E-state index in [1.165, 1.54) is 0 Å². The Morgan fingerprint density at radius 1 is 1.33 bits per heavy atom. The standard InChI is InChI=1S/C9H13NO.BrH/c1-7(10)6-8-2-4-9(11)5-3-8;/h2-5,7,11H,6,10H2,1H3;1H/p-1. The number of hydrogen-bond acceptors (Lipinski definition) is 2. The lowest BCUT2D eigenvalue weighted by molar-refractivity contribution is -0.00000362. The lowest BCUT2D eigenvalue weighted by atomic mass is 10.1. The van der Waals surface area contributed by atoms with Crippen LogP contribution in [0.2, 0.25) is 0 Å². The van der Waals surface area contributed by atoms with E-state index >= 15 is 0 Å². The molecule has 1 unspecified atom stereocenters. The molecule has 1 rings (SSSR count). The summed E-state index contributed by atoms with van der Waals surface area (Å²) in [7, 11) is 0. The number of rotatable bonds is 2. The van der Waals surface area contributed by atoms with Crippen molar-refractivity contribution in [3.8, 4) is 5.75 Å². The predicted octanol–water partition coefficient (Wildman–Crippen LogP) is -1.71. The zero-order valence-electron chi connectivity index (χ0n) is 7.00. The number of benzene rings is 1. The lowest BCUT2D eigenvalue weighted by Crippen LogP contribution is -3.00. The van der Waals surface area contributed by atoms with Crippen LogP contribution in [0.15, 0.2) is 24.3 Å². The van der Waals surface area contributed by atoms with Gasteiger partial charge in [0.25, 0.3) is 0 Å². The maximum Gasteiger partial charge on any atom is 0.115 e. The highest BCUT2D eigenvalue weighted by molar-refractivity contribution is 5.26. The van der Waals surface area contributed by atoms with Gasteiger partial charge < -0.3 is 27.8 Å². The Morgan fingerprint density at radius 3 is 2.25 bits per heavy atom. The summed E-state index contributed by atoms with van der Waals surface area (Å²) in [4.78, 5) is 0. The van der Waals surface area contributed by atoms with Gasteiger partial charge in [0.2, 0.25) is 0 Å². The van der Waals surface area contributed by atoms with E-state index in [1.54, 1.807) is 12.1 Å². The minimum Gasteiger partial charge on any atom is -1.00 e. The topological polar surface area (TPSA) is 46.2 Å². The van der Waals surface area contributed by atoms with Gasteiger partial charge in [0.15, 0.2) is 0 Å². The van der Waals surface area contributed by atoms with E-state index in [0.717, 1.165) is 12.0 Å². The smallest absolute Gasteiger partial charge is 0.115 e. The molecule has 2 nitrogen and oxygen atoms in total. The SMILES string of the molecule is CC(N)Cc1ccc(O)cc1.[Br-]. The van der Waals surface area contributed by atoms with Crippen molar-refractivity contribution in [1.29, 1.82) is 0 Å². The molecule has 0 aliphatic carbocycles. The van der Waals surface area contributed by atoms with Crippen LogP contribution >= 0.6 is 0 Å². The van der Waals surface area contributed by atoms with Gasteiger partial charge in [-0.1, -0.05) is 12.1 Å². The zero-order valence-corrected chi connectivity index (χ0v) is 8.58. The van der Waals surface area contributed by atoms with Crippen molar-refractivity contribution in [2.24, 2.45) is 5.73 Å². The van der Waals surface area contributed by atoms with Gasteiger partial charge >= 0.3 is 0 Å². The van der Waals surface area contributed by atoms with Crippen molar-refractivity contribution in [2.45, 2.75) is 19.4 Å². The second kappa shape index (κ2) is 5.17. The van der Waals surface area contributed by atoms with E-state index in [-0.39, 0.29) is 23.0 Å². The molecule has 0 saturated heterocycles. The van der Waals surface area contributed by atoms with E-state index in [4.69, 9.17) is 10.8 Å². The first kappa shape index (κ1) is 11.5. The van der Waals surface area contributed by atoms with Crippen molar-refractivity contribution < 1.29 is 22.1 Å². The van der Waals surface area contributed by atoms with Gasteiger partial charge in [-0.05, 0) is 31.0 Å². The monoisotopic (exact) mass is 230 g/mol. The van der Waals surface area contributed by atoms with Gasteiger partial charge in [-0.2, -0.15) is 0 Å². The van der Waals surface area contributed by atoms with Gasteiger partial charge in [0.1, 0.15) is 5.75 Å². The molecule has 0 aliphatic heterocycles. The van der Waals surface area contributed by atoms with E-state index < -0.39 is 0 Å². The highest BCUT2D eigenvalue weighted by Crippen LogP contribution is 2.10. The first-order valence-electron chi connectivity index (χ1n) is 3.72. The van der Waals surface area contributed by atoms with Crippen LogP contribution in [-0.4, -0.2) is 11.1 Å². The van der Waals surface area contributed by atoms with Crippen molar-refractivity contribution in [1.82, 2.24) is 0 Å². The Labute approximate surface area is 83.2 Å². The van der Waals surface area contributed by atoms with E-state index in [9.17, 15) is 0 Å². The third kappa shape index (κ3) is 3.74. The molecule has 1 atom stereocenters. The Balaban J connectivity index is 0.00000121. The Kier molecular flexibility index (Phi) is 4.93. The number of phenolic OH excluding ortho intramolecular Hbond substituents is 1. The third-order valence-electron chi connectivity index (χ3n) is 1.49. The molecule has 1 aromatic carbocycles. The number of phenols is 1. The van der Waals surface area contributed by atoms with Crippen LogP contribution in [0.3, 0.4) is 0 Å². The van der Waals surface area contributed by atoms with Gasteiger partial charge in [0, 0.05) is 6.04 Å². The fourth-order valence-corrected chi connectivity index (χ4v) is 1.00. The molecule has 0 spiro atoms. The van der Waals surface area contributed by atoms with Crippen LogP contribution in [0, 0.1) is 0 Å². The van der Waals surface area contributed by atoms with Gasteiger partial charge in [-0.25, -0.2) is 0 Å². The molecule has 12 heavy (non-hydrogen) atoms. The Hall–Kier alpha value is -0.540. The number of aromatic hydroxyl groups is 1. The van der Waals surface area contributed by atoms with Gasteiger partial charge in [-0.3, -0.25) is 0 Å². The van der Waals surface area contributed by atoms with Crippen molar-refractivity contribution in [3.05, 3.63) is 29.8 Å². The van der Waals surface area contributed by atoms with Crippen LogP contribution < -0.4 is 22.7 Å². The maximum atomic E-state index is 8.96. The predicted molar refractivity (Wildman–Crippen MR) is 45.5 cm³/mol. The summed E-state index contributed by atoms with van der Waals surface area (Å²) in [6, 6.07) is 7.31. The summed E-state index contributed by atoms with van der Waals surface area (Å²) >= 11 is 0. The Morgan fingerprint density at radius 2 is 1.83 bits per heavy atom. The molecule has 0 fully saturated rings. The van der Waals surface area contributed by atoms with Crippen LogP contribution in [0.4, 0.5) is 0 Å². The molecule has 0 saturated carbocycles. The summed E-state index contributed by atoms with van der Waals surface area (Å²) in [6.45, 7) is 1.97. The minimum atomic E-state index is 0. The quantitative estimate of drug-likeness (QED) is 0.636. The average Bonchev–Trinajstić information content (AvgIpc) is 1.93.